The van der Waals surface area contributed by atoms with Crippen molar-refractivity contribution in [2.45, 2.75) is 18.8 Å². The van der Waals surface area contributed by atoms with E-state index in [0.29, 0.717) is 5.69 Å². The summed E-state index contributed by atoms with van der Waals surface area (Å²) in [7, 11) is 0. The molecule has 1 heterocycles. The highest BCUT2D eigenvalue weighted by atomic mass is 19.3. The van der Waals surface area contributed by atoms with Crippen molar-refractivity contribution in [1.82, 2.24) is 0 Å². The molecule has 0 atom stereocenters. The molecule has 0 bridgehead atoms. The van der Waals surface area contributed by atoms with Crippen LogP contribution in [0.5, 0.6) is 0 Å². The predicted octanol–water partition coefficient (Wildman–Crippen LogP) is 1.60. The summed E-state index contributed by atoms with van der Waals surface area (Å²) in [5, 5.41) is 0. The van der Waals surface area contributed by atoms with Gasteiger partial charge in [-0.25, -0.2) is 8.78 Å². The van der Waals surface area contributed by atoms with Gasteiger partial charge in [-0.2, -0.15) is 0 Å². The maximum absolute atomic E-state index is 13.1. The Morgan fingerprint density at radius 3 is 2.44 bits per heavy atom. The monoisotopic (exact) mass is 255 g/mol. The molecule has 1 fully saturated rings. The molecule has 0 radical (unpaired) electrons. The second kappa shape index (κ2) is 4.44. The van der Waals surface area contributed by atoms with Gasteiger partial charge in [0.2, 0.25) is 0 Å². The zero-order chi connectivity index (χ0) is 13.3. The SMILES string of the molecule is NC(=O)c1cccc(N2CCC(F)(F)CC2)c1N. The standard InChI is InChI=1S/C12H15F2N3O/c13-12(14)4-6-17(7-5-12)9-3-1-2-8(10(9)15)11(16)18/h1-3H,4-7,15H2,(H2,16,18). The third-order valence-corrected chi connectivity index (χ3v) is 3.18. The first-order chi connectivity index (χ1) is 8.41. The molecule has 6 heteroatoms. The molecule has 18 heavy (non-hydrogen) atoms. The Morgan fingerprint density at radius 1 is 1.28 bits per heavy atom. The molecule has 1 amide bonds. The summed E-state index contributed by atoms with van der Waals surface area (Å²) in [6.07, 6.45) is -0.402. The van der Waals surface area contributed by atoms with E-state index < -0.39 is 11.8 Å². The van der Waals surface area contributed by atoms with E-state index in [2.05, 4.69) is 0 Å². The number of alkyl halides is 2. The van der Waals surface area contributed by atoms with Crippen molar-refractivity contribution in [3.63, 3.8) is 0 Å². The fourth-order valence-electron chi connectivity index (χ4n) is 2.12. The normalized spacial score (nSPS) is 18.7. The highest BCUT2D eigenvalue weighted by Crippen LogP contribution is 2.33. The average molecular weight is 255 g/mol. The molecule has 0 spiro atoms. The lowest BCUT2D eigenvalue weighted by Gasteiger charge is -2.34. The second-order valence-corrected chi connectivity index (χ2v) is 4.45. The fraction of sp³-hybridized carbons (Fsp3) is 0.417. The Labute approximate surface area is 104 Å². The van der Waals surface area contributed by atoms with Crippen LogP contribution in [0, 0.1) is 0 Å². The Hall–Kier alpha value is -1.85. The number of hydrogen-bond acceptors (Lipinski definition) is 3. The van der Waals surface area contributed by atoms with Crippen LogP contribution < -0.4 is 16.4 Å². The van der Waals surface area contributed by atoms with Crippen molar-refractivity contribution in [2.24, 2.45) is 5.73 Å². The number of nitrogen functional groups attached to an aromatic ring is 1. The van der Waals surface area contributed by atoms with E-state index in [4.69, 9.17) is 11.5 Å². The second-order valence-electron chi connectivity index (χ2n) is 4.45. The summed E-state index contributed by atoms with van der Waals surface area (Å²) in [5.41, 5.74) is 12.1. The van der Waals surface area contributed by atoms with Crippen LogP contribution in [0.2, 0.25) is 0 Å². The van der Waals surface area contributed by atoms with Crippen molar-refractivity contribution < 1.29 is 13.6 Å². The molecule has 4 nitrogen and oxygen atoms in total. The molecule has 4 N–H and O–H groups in total. The highest BCUT2D eigenvalue weighted by molar-refractivity contribution is 6.00. The van der Waals surface area contributed by atoms with Crippen LogP contribution in [0.15, 0.2) is 18.2 Å². The van der Waals surface area contributed by atoms with Crippen LogP contribution in [0.3, 0.4) is 0 Å². The molecule has 1 aliphatic heterocycles. The summed E-state index contributed by atoms with van der Waals surface area (Å²) in [5.74, 6) is -3.22. The van der Waals surface area contributed by atoms with Gasteiger partial charge in [-0.05, 0) is 12.1 Å². The van der Waals surface area contributed by atoms with E-state index in [1.807, 2.05) is 0 Å². The molecule has 1 aromatic carbocycles. The maximum Gasteiger partial charge on any atom is 0.251 e. The topological polar surface area (TPSA) is 72.4 Å². The number of carbonyl (C=O) groups excluding carboxylic acids is 1. The zero-order valence-corrected chi connectivity index (χ0v) is 9.83. The molecule has 0 aliphatic carbocycles. The minimum Gasteiger partial charge on any atom is -0.396 e. The number of halogens is 2. The molecular formula is C12H15F2N3O. The van der Waals surface area contributed by atoms with E-state index in [1.54, 1.807) is 17.0 Å². The fourth-order valence-corrected chi connectivity index (χ4v) is 2.12. The van der Waals surface area contributed by atoms with Crippen LogP contribution >= 0.6 is 0 Å². The molecule has 0 aromatic heterocycles. The first-order valence-corrected chi connectivity index (χ1v) is 5.72. The number of piperidine rings is 1. The molecule has 0 saturated carbocycles. The molecule has 1 aliphatic rings. The quantitative estimate of drug-likeness (QED) is 0.788. The van der Waals surface area contributed by atoms with E-state index in [1.165, 1.54) is 6.07 Å². The Bertz CT molecular complexity index is 466. The summed E-state index contributed by atoms with van der Waals surface area (Å²) in [6, 6.07) is 4.89. The van der Waals surface area contributed by atoms with E-state index in [0.717, 1.165) is 0 Å². The smallest absolute Gasteiger partial charge is 0.251 e. The number of rotatable bonds is 2. The van der Waals surface area contributed by atoms with E-state index in [-0.39, 0.29) is 37.2 Å². The summed E-state index contributed by atoms with van der Waals surface area (Å²) in [6.45, 7) is 0.443. The van der Waals surface area contributed by atoms with Crippen molar-refractivity contribution in [3.05, 3.63) is 23.8 Å². The largest absolute Gasteiger partial charge is 0.396 e. The van der Waals surface area contributed by atoms with Gasteiger partial charge in [0.15, 0.2) is 0 Å². The number of primary amides is 1. The first-order valence-electron chi connectivity index (χ1n) is 5.72. The van der Waals surface area contributed by atoms with Gasteiger partial charge in [0.05, 0.1) is 16.9 Å². The molecule has 2 rings (SSSR count). The van der Waals surface area contributed by atoms with Gasteiger partial charge < -0.3 is 16.4 Å². The van der Waals surface area contributed by atoms with Gasteiger partial charge in [0, 0.05) is 25.9 Å². The van der Waals surface area contributed by atoms with E-state index in [9.17, 15) is 13.6 Å². The lowest BCUT2D eigenvalue weighted by Crippen LogP contribution is -2.39. The molecule has 0 unspecified atom stereocenters. The van der Waals surface area contributed by atoms with Crippen molar-refractivity contribution in [2.75, 3.05) is 23.7 Å². The van der Waals surface area contributed by atoms with Crippen molar-refractivity contribution >= 4 is 17.3 Å². The van der Waals surface area contributed by atoms with Gasteiger partial charge >= 0.3 is 0 Å². The van der Waals surface area contributed by atoms with Crippen LogP contribution in [-0.2, 0) is 0 Å². The summed E-state index contributed by atoms with van der Waals surface area (Å²) >= 11 is 0. The van der Waals surface area contributed by atoms with Crippen LogP contribution in [-0.4, -0.2) is 24.9 Å². The third-order valence-electron chi connectivity index (χ3n) is 3.18. The lowest BCUT2D eigenvalue weighted by molar-refractivity contribution is -0.0220. The van der Waals surface area contributed by atoms with Gasteiger partial charge in [-0.3, -0.25) is 4.79 Å². The lowest BCUT2D eigenvalue weighted by atomic mass is 10.0. The number of nitrogens with zero attached hydrogens (tertiary/aromatic N) is 1. The molecule has 1 aromatic rings. The Morgan fingerprint density at radius 2 is 1.89 bits per heavy atom. The van der Waals surface area contributed by atoms with Crippen molar-refractivity contribution in [1.29, 1.82) is 0 Å². The number of hydrogen-bond donors (Lipinski definition) is 2. The zero-order valence-electron chi connectivity index (χ0n) is 9.83. The molecular weight excluding hydrogens is 240 g/mol. The van der Waals surface area contributed by atoms with Crippen LogP contribution in [0.1, 0.15) is 23.2 Å². The molecule has 1 saturated heterocycles. The number of carbonyl (C=O) groups is 1. The number of benzene rings is 1. The Balaban J connectivity index is 2.25. The minimum absolute atomic E-state index is 0.201. The number of anilines is 2. The van der Waals surface area contributed by atoms with Crippen LogP contribution in [0.4, 0.5) is 20.2 Å². The number of para-hydroxylation sites is 1. The maximum atomic E-state index is 13.1. The van der Waals surface area contributed by atoms with Crippen molar-refractivity contribution in [3.8, 4) is 0 Å². The summed E-state index contributed by atoms with van der Waals surface area (Å²) < 4.78 is 26.1. The number of amides is 1. The number of nitrogens with two attached hydrogens (primary N) is 2. The van der Waals surface area contributed by atoms with Gasteiger partial charge in [0.25, 0.3) is 11.8 Å². The van der Waals surface area contributed by atoms with Gasteiger partial charge in [-0.1, -0.05) is 6.07 Å². The average Bonchev–Trinajstić information content (AvgIpc) is 2.29. The highest BCUT2D eigenvalue weighted by Gasteiger charge is 2.34. The Kier molecular flexibility index (Phi) is 3.11. The van der Waals surface area contributed by atoms with Crippen LogP contribution in [0.25, 0.3) is 0 Å². The predicted molar refractivity (Wildman–Crippen MR) is 65.8 cm³/mol. The van der Waals surface area contributed by atoms with E-state index >= 15 is 0 Å². The summed E-state index contributed by atoms with van der Waals surface area (Å²) in [4.78, 5) is 12.9. The first kappa shape index (κ1) is 12.6. The molecule has 98 valence electrons. The minimum atomic E-state index is -2.60. The van der Waals surface area contributed by atoms with Gasteiger partial charge in [-0.15, -0.1) is 0 Å². The van der Waals surface area contributed by atoms with Gasteiger partial charge in [0.1, 0.15) is 0 Å². The third kappa shape index (κ3) is 2.37.